The van der Waals surface area contributed by atoms with Gasteiger partial charge in [-0.15, -0.1) is 0 Å². The van der Waals surface area contributed by atoms with Gasteiger partial charge >= 0.3 is 6.09 Å². The molecule has 2 heterocycles. The highest BCUT2D eigenvalue weighted by atomic mass is 79.9. The molecule has 2 amide bonds. The number of rotatable bonds is 5. The summed E-state index contributed by atoms with van der Waals surface area (Å²) in [4.78, 5) is 27.1. The zero-order valence-corrected chi connectivity index (χ0v) is 19.9. The zero-order valence-electron chi connectivity index (χ0n) is 18.3. The molecule has 34 heavy (non-hydrogen) atoms. The highest BCUT2D eigenvalue weighted by molar-refractivity contribution is 9.10. The van der Waals surface area contributed by atoms with E-state index in [1.165, 1.54) is 4.90 Å². The van der Waals surface area contributed by atoms with E-state index in [-0.39, 0.29) is 12.5 Å². The molecule has 1 aliphatic rings. The molecule has 0 aliphatic carbocycles. The van der Waals surface area contributed by atoms with E-state index in [9.17, 15) is 9.59 Å². The van der Waals surface area contributed by atoms with E-state index < -0.39 is 12.1 Å². The molecule has 0 spiro atoms. The molecule has 1 aliphatic heterocycles. The summed E-state index contributed by atoms with van der Waals surface area (Å²) in [5.74, 6) is 0.151. The van der Waals surface area contributed by atoms with Crippen molar-refractivity contribution in [2.75, 3.05) is 11.9 Å². The quantitative estimate of drug-likeness (QED) is 0.353. The number of fused-ring (bicyclic) bond motifs is 1. The van der Waals surface area contributed by atoms with Crippen molar-refractivity contribution in [1.82, 2.24) is 15.1 Å². The van der Waals surface area contributed by atoms with Gasteiger partial charge in [-0.1, -0.05) is 64.5 Å². The second-order valence-corrected chi connectivity index (χ2v) is 9.17. The molecule has 3 aromatic carbocycles. The largest absolute Gasteiger partial charge is 0.445 e. The molecule has 7 nitrogen and oxygen atoms in total. The van der Waals surface area contributed by atoms with Gasteiger partial charge in [-0.25, -0.2) is 4.79 Å². The second kappa shape index (κ2) is 9.69. The third-order valence-electron chi connectivity index (χ3n) is 5.96. The van der Waals surface area contributed by atoms with Gasteiger partial charge in [0, 0.05) is 22.6 Å². The molecular weight excluding hydrogens is 496 g/mol. The first kappa shape index (κ1) is 22.2. The Labute approximate surface area is 205 Å². The van der Waals surface area contributed by atoms with Gasteiger partial charge in [0.05, 0.1) is 5.69 Å². The Morgan fingerprint density at radius 2 is 1.85 bits per heavy atom. The summed E-state index contributed by atoms with van der Waals surface area (Å²) in [5.41, 5.74) is 2.67. The van der Waals surface area contributed by atoms with Gasteiger partial charge in [0.2, 0.25) is 5.91 Å². The monoisotopic (exact) mass is 518 g/mol. The summed E-state index contributed by atoms with van der Waals surface area (Å²) in [6, 6.07) is 23.1. The maximum Gasteiger partial charge on any atom is 0.410 e. The van der Waals surface area contributed by atoms with E-state index in [2.05, 4.69) is 55.7 Å². The number of hydrogen-bond donors (Lipinski definition) is 2. The molecule has 1 aromatic heterocycles. The summed E-state index contributed by atoms with van der Waals surface area (Å²) >= 11 is 3.39. The summed E-state index contributed by atoms with van der Waals surface area (Å²) in [7, 11) is 0. The van der Waals surface area contributed by atoms with Crippen LogP contribution in [0.1, 0.15) is 18.4 Å². The minimum absolute atomic E-state index is 0.158. The molecule has 172 valence electrons. The summed E-state index contributed by atoms with van der Waals surface area (Å²) in [5, 5.41) is 12.4. The van der Waals surface area contributed by atoms with E-state index in [1.54, 1.807) is 6.07 Å². The van der Waals surface area contributed by atoms with Crippen molar-refractivity contribution in [2.24, 2.45) is 0 Å². The molecule has 0 saturated carbocycles. The molecule has 4 aromatic rings. The average Bonchev–Trinajstić information content (AvgIpc) is 3.53. The molecule has 1 atom stereocenters. The number of aromatic amines is 1. The highest BCUT2D eigenvalue weighted by Crippen LogP contribution is 2.26. The van der Waals surface area contributed by atoms with Crippen LogP contribution in [0.5, 0.6) is 0 Å². The number of aromatic nitrogens is 2. The number of nitrogens with zero attached hydrogens (tertiary/aromatic N) is 2. The van der Waals surface area contributed by atoms with E-state index in [0.717, 1.165) is 38.5 Å². The summed E-state index contributed by atoms with van der Waals surface area (Å²) in [6.45, 7) is 0.644. The van der Waals surface area contributed by atoms with E-state index >= 15 is 0 Å². The molecule has 2 N–H and O–H groups in total. The van der Waals surface area contributed by atoms with Crippen molar-refractivity contribution in [2.45, 2.75) is 25.5 Å². The smallest absolute Gasteiger partial charge is 0.410 e. The van der Waals surface area contributed by atoms with Gasteiger partial charge in [-0.3, -0.25) is 14.8 Å². The van der Waals surface area contributed by atoms with Crippen LogP contribution in [-0.4, -0.2) is 39.7 Å². The standard InChI is InChI=1S/C26H23BrN4O3/c27-21-11-7-17(8-12-21)16-34-26(33)31-13-3-6-23(31)25(32)28-24-15-22(29-30-24)20-10-9-18-4-1-2-5-19(18)14-20/h1-2,4-5,7-12,14-15,23H,3,6,13,16H2,(H2,28,29,30,32)/t23-/m0/s1. The zero-order chi connectivity index (χ0) is 23.5. The van der Waals surface area contributed by atoms with Crippen molar-refractivity contribution >= 4 is 44.5 Å². The number of likely N-dealkylation sites (tertiary alicyclic amines) is 1. The van der Waals surface area contributed by atoms with Gasteiger partial charge in [0.15, 0.2) is 5.82 Å². The Kier molecular flexibility index (Phi) is 6.31. The summed E-state index contributed by atoms with van der Waals surface area (Å²) in [6.07, 6.45) is 0.842. The lowest BCUT2D eigenvalue weighted by molar-refractivity contribution is -0.120. The third-order valence-corrected chi connectivity index (χ3v) is 6.48. The lowest BCUT2D eigenvalue weighted by atomic mass is 10.1. The van der Waals surface area contributed by atoms with Crippen molar-refractivity contribution < 1.29 is 14.3 Å². The third kappa shape index (κ3) is 4.82. The number of amides is 2. The van der Waals surface area contributed by atoms with Crippen molar-refractivity contribution in [3.8, 4) is 11.3 Å². The molecule has 1 saturated heterocycles. The van der Waals surface area contributed by atoms with Crippen LogP contribution in [0.4, 0.5) is 10.6 Å². The van der Waals surface area contributed by atoms with Crippen LogP contribution >= 0.6 is 15.9 Å². The fourth-order valence-electron chi connectivity index (χ4n) is 4.17. The lowest BCUT2D eigenvalue weighted by Crippen LogP contribution is -2.43. The normalized spacial score (nSPS) is 15.4. The number of hydrogen-bond acceptors (Lipinski definition) is 4. The number of halogens is 1. The van der Waals surface area contributed by atoms with Crippen LogP contribution in [0.2, 0.25) is 0 Å². The predicted octanol–water partition coefficient (Wildman–Crippen LogP) is 5.73. The Bertz CT molecular complexity index is 1340. The Morgan fingerprint density at radius 3 is 2.68 bits per heavy atom. The number of carbonyl (C=O) groups is 2. The summed E-state index contributed by atoms with van der Waals surface area (Å²) < 4.78 is 6.41. The van der Waals surface area contributed by atoms with E-state index in [1.807, 2.05) is 42.5 Å². The van der Waals surface area contributed by atoms with Crippen LogP contribution in [-0.2, 0) is 16.1 Å². The fraction of sp³-hybridized carbons (Fsp3) is 0.192. The van der Waals surface area contributed by atoms with E-state index in [0.29, 0.717) is 18.8 Å². The molecule has 0 radical (unpaired) electrons. The predicted molar refractivity (Wildman–Crippen MR) is 134 cm³/mol. The number of carbonyl (C=O) groups excluding carboxylic acids is 2. The van der Waals surface area contributed by atoms with Gasteiger partial charge in [0.1, 0.15) is 12.6 Å². The van der Waals surface area contributed by atoms with Gasteiger partial charge < -0.3 is 10.1 Å². The SMILES string of the molecule is O=C(Nc1cc(-c2ccc3ccccc3c2)[nH]n1)[C@@H]1CCCN1C(=O)OCc1ccc(Br)cc1. The minimum Gasteiger partial charge on any atom is -0.445 e. The average molecular weight is 519 g/mol. The van der Waals surface area contributed by atoms with Crippen molar-refractivity contribution in [1.29, 1.82) is 0 Å². The van der Waals surface area contributed by atoms with Gasteiger partial charge in [-0.2, -0.15) is 5.10 Å². The number of benzene rings is 3. The highest BCUT2D eigenvalue weighted by Gasteiger charge is 2.35. The topological polar surface area (TPSA) is 87.3 Å². The molecular formula is C26H23BrN4O3. The lowest BCUT2D eigenvalue weighted by Gasteiger charge is -2.23. The van der Waals surface area contributed by atoms with Crippen LogP contribution in [0.25, 0.3) is 22.0 Å². The first-order chi connectivity index (χ1) is 16.6. The van der Waals surface area contributed by atoms with Crippen molar-refractivity contribution in [3.05, 3.63) is 82.8 Å². The van der Waals surface area contributed by atoms with E-state index in [4.69, 9.17) is 4.74 Å². The van der Waals surface area contributed by atoms with Crippen LogP contribution in [0, 0.1) is 0 Å². The number of ether oxygens (including phenoxy) is 1. The number of anilines is 1. The number of H-pyrrole nitrogens is 1. The molecule has 0 unspecified atom stereocenters. The molecule has 1 fully saturated rings. The van der Waals surface area contributed by atoms with Crippen LogP contribution in [0.15, 0.2) is 77.3 Å². The molecule has 5 rings (SSSR count). The second-order valence-electron chi connectivity index (χ2n) is 8.25. The number of nitrogens with one attached hydrogen (secondary N) is 2. The molecule has 0 bridgehead atoms. The van der Waals surface area contributed by atoms with Crippen molar-refractivity contribution in [3.63, 3.8) is 0 Å². The first-order valence-electron chi connectivity index (χ1n) is 11.1. The maximum atomic E-state index is 12.9. The first-order valence-corrected chi connectivity index (χ1v) is 11.9. The van der Waals surface area contributed by atoms with Crippen LogP contribution < -0.4 is 5.32 Å². The maximum absolute atomic E-state index is 12.9. The van der Waals surface area contributed by atoms with Crippen LogP contribution in [0.3, 0.4) is 0 Å². The fourth-order valence-corrected chi connectivity index (χ4v) is 4.43. The Balaban J connectivity index is 1.22. The molecule has 8 heteroatoms. The van der Waals surface area contributed by atoms with Gasteiger partial charge in [-0.05, 0) is 47.4 Å². The Hall–Kier alpha value is -3.65. The Morgan fingerprint density at radius 1 is 1.06 bits per heavy atom. The minimum atomic E-state index is -0.585. The van der Waals surface area contributed by atoms with Gasteiger partial charge in [0.25, 0.3) is 0 Å².